The summed E-state index contributed by atoms with van der Waals surface area (Å²) in [4.78, 5) is 9.68. The minimum absolute atomic E-state index is 0.321. The number of nitrogens with zero attached hydrogens (tertiary/aromatic N) is 1. The molecule has 0 bridgehead atoms. The number of rotatable bonds is 4. The highest BCUT2D eigenvalue weighted by Crippen LogP contribution is 2.00. The highest BCUT2D eigenvalue weighted by atomic mass is 16.5. The number of hydrogen-bond acceptors (Lipinski definition) is 2. The first-order valence-corrected chi connectivity index (χ1v) is 3.28. The Morgan fingerprint density at radius 2 is 2.00 bits per heavy atom. The Bertz CT molecular complexity index is 107. The fourth-order valence-electron chi connectivity index (χ4n) is 0.378. The molecule has 1 atom stereocenters. The largest absolute Gasteiger partial charge is 0.451 e. The summed E-state index contributed by atoms with van der Waals surface area (Å²) in [5, 5.41) is 0. The summed E-state index contributed by atoms with van der Waals surface area (Å²) in [7, 11) is 6.16. The van der Waals surface area contributed by atoms with Gasteiger partial charge in [-0.05, 0) is 6.92 Å². The lowest BCUT2D eigenvalue weighted by Crippen LogP contribution is -2.45. The van der Waals surface area contributed by atoms with E-state index in [1.54, 1.807) is 0 Å². The lowest BCUT2D eigenvalue weighted by Gasteiger charge is -2.30. The third-order valence-electron chi connectivity index (χ3n) is 1.71. The number of carbonyl (C=O) groups excluding carboxylic acids is 1. The van der Waals surface area contributed by atoms with Crippen LogP contribution in [0.1, 0.15) is 6.92 Å². The number of quaternary nitrogens is 1. The Hall–Kier alpha value is -0.570. The fraction of sp³-hybridized carbons (Fsp3) is 0.857. The van der Waals surface area contributed by atoms with E-state index in [-0.39, 0.29) is 0 Å². The highest BCUT2D eigenvalue weighted by Gasteiger charge is 2.18. The lowest BCUT2D eigenvalue weighted by atomic mass is 10.3. The van der Waals surface area contributed by atoms with Crippen LogP contribution in [0.25, 0.3) is 0 Å². The van der Waals surface area contributed by atoms with Crippen LogP contribution in [0.2, 0.25) is 0 Å². The first-order valence-electron chi connectivity index (χ1n) is 3.28. The van der Waals surface area contributed by atoms with Gasteiger partial charge in [0.15, 0.2) is 0 Å². The molecule has 3 heteroatoms. The van der Waals surface area contributed by atoms with Gasteiger partial charge in [-0.25, -0.2) is 4.79 Å². The molecule has 0 aliphatic heterocycles. The van der Waals surface area contributed by atoms with Crippen molar-refractivity contribution >= 4 is 6.47 Å². The predicted molar refractivity (Wildman–Crippen MR) is 39.1 cm³/mol. The van der Waals surface area contributed by atoms with Gasteiger partial charge in [0, 0.05) is 0 Å². The van der Waals surface area contributed by atoms with Gasteiger partial charge in [0.1, 0.15) is 12.6 Å². The second kappa shape index (κ2) is 3.56. The van der Waals surface area contributed by atoms with Gasteiger partial charge in [0.05, 0.1) is 21.1 Å². The van der Waals surface area contributed by atoms with E-state index in [4.69, 9.17) is 0 Å². The molecule has 0 saturated heterocycles. The third-order valence-corrected chi connectivity index (χ3v) is 1.71. The van der Waals surface area contributed by atoms with Crippen molar-refractivity contribution in [2.75, 3.05) is 27.7 Å². The molecule has 10 heavy (non-hydrogen) atoms. The van der Waals surface area contributed by atoms with Crippen molar-refractivity contribution in [3.8, 4) is 0 Å². The minimum Gasteiger partial charge on any atom is -0.451 e. The molecule has 3 nitrogen and oxygen atoms in total. The SMILES string of the molecule is CC(CO[C]=O)[N+](C)(C)C. The molecule has 0 N–H and O–H groups in total. The van der Waals surface area contributed by atoms with E-state index in [9.17, 15) is 4.79 Å². The zero-order valence-corrected chi connectivity index (χ0v) is 7.05. The van der Waals surface area contributed by atoms with Crippen LogP contribution in [-0.4, -0.2) is 44.7 Å². The Morgan fingerprint density at radius 3 is 2.30 bits per heavy atom. The standard InChI is InChI=1S/C7H15NO2/c1-7(5-10-6-9)8(2,3)4/h7H,5H2,1-4H3/q+1. The molecule has 0 aromatic rings. The van der Waals surface area contributed by atoms with E-state index in [0.717, 1.165) is 4.48 Å². The molecular weight excluding hydrogens is 130 g/mol. The first kappa shape index (κ1) is 9.43. The molecule has 0 aromatic carbocycles. The van der Waals surface area contributed by atoms with Crippen molar-refractivity contribution in [1.29, 1.82) is 0 Å². The summed E-state index contributed by atoms with van der Waals surface area (Å²) in [5.74, 6) is 0. The fourth-order valence-corrected chi connectivity index (χ4v) is 0.378. The molecule has 0 aromatic heterocycles. The molecule has 0 saturated carbocycles. The summed E-state index contributed by atoms with van der Waals surface area (Å²) in [6, 6.07) is 0.321. The van der Waals surface area contributed by atoms with Gasteiger partial charge in [-0.3, -0.25) is 0 Å². The maximum absolute atomic E-state index is 9.68. The van der Waals surface area contributed by atoms with Crippen LogP contribution < -0.4 is 0 Å². The number of hydrogen-bond donors (Lipinski definition) is 0. The van der Waals surface area contributed by atoms with Crippen molar-refractivity contribution in [2.45, 2.75) is 13.0 Å². The molecular formula is C7H15NO2+. The van der Waals surface area contributed by atoms with E-state index < -0.39 is 0 Å². The lowest BCUT2D eigenvalue weighted by molar-refractivity contribution is -0.894. The van der Waals surface area contributed by atoms with Crippen molar-refractivity contribution in [1.82, 2.24) is 0 Å². The summed E-state index contributed by atoms with van der Waals surface area (Å²) >= 11 is 0. The van der Waals surface area contributed by atoms with E-state index in [2.05, 4.69) is 25.9 Å². The van der Waals surface area contributed by atoms with Crippen LogP contribution in [0.4, 0.5) is 0 Å². The van der Waals surface area contributed by atoms with Crippen molar-refractivity contribution in [3.63, 3.8) is 0 Å². The molecule has 1 unspecified atom stereocenters. The molecule has 0 fully saturated rings. The number of ether oxygens (including phenoxy) is 1. The second-order valence-corrected chi connectivity index (χ2v) is 3.36. The summed E-state index contributed by atoms with van der Waals surface area (Å²) in [6.45, 7) is 3.87. The highest BCUT2D eigenvalue weighted by molar-refractivity contribution is 5.38. The normalized spacial score (nSPS) is 14.4. The van der Waals surface area contributed by atoms with Crippen LogP contribution in [-0.2, 0) is 9.53 Å². The van der Waals surface area contributed by atoms with E-state index in [1.807, 2.05) is 6.92 Å². The quantitative estimate of drug-likeness (QED) is 0.527. The van der Waals surface area contributed by atoms with E-state index >= 15 is 0 Å². The number of likely N-dealkylation sites (N-methyl/N-ethyl adjacent to an activating group) is 1. The molecule has 0 rings (SSSR count). The van der Waals surface area contributed by atoms with Crippen LogP contribution in [0, 0.1) is 0 Å². The summed E-state index contributed by atoms with van der Waals surface area (Å²) < 4.78 is 5.29. The van der Waals surface area contributed by atoms with Gasteiger partial charge in [0.2, 0.25) is 0 Å². The molecule has 0 aliphatic carbocycles. The van der Waals surface area contributed by atoms with Gasteiger partial charge in [-0.2, -0.15) is 0 Å². The molecule has 59 valence electrons. The molecule has 0 spiro atoms. The summed E-state index contributed by atoms with van der Waals surface area (Å²) in [6.07, 6.45) is 0. The van der Waals surface area contributed by atoms with Crippen molar-refractivity contribution in [3.05, 3.63) is 0 Å². The molecule has 1 radical (unpaired) electrons. The van der Waals surface area contributed by atoms with Crippen LogP contribution >= 0.6 is 0 Å². The topological polar surface area (TPSA) is 26.3 Å². The van der Waals surface area contributed by atoms with Gasteiger partial charge >= 0.3 is 6.47 Å². The zero-order valence-electron chi connectivity index (χ0n) is 7.05. The van der Waals surface area contributed by atoms with Crippen molar-refractivity contribution in [2.24, 2.45) is 0 Å². The minimum atomic E-state index is 0.321. The summed E-state index contributed by atoms with van der Waals surface area (Å²) in [5.41, 5.74) is 0. The third kappa shape index (κ3) is 3.45. The van der Waals surface area contributed by atoms with E-state index in [0.29, 0.717) is 12.6 Å². The molecule has 0 heterocycles. The second-order valence-electron chi connectivity index (χ2n) is 3.36. The monoisotopic (exact) mass is 145 g/mol. The van der Waals surface area contributed by atoms with Gasteiger partial charge in [-0.15, -0.1) is 0 Å². The van der Waals surface area contributed by atoms with Crippen LogP contribution in [0.15, 0.2) is 0 Å². The van der Waals surface area contributed by atoms with Gasteiger partial charge < -0.3 is 9.22 Å². The first-order chi connectivity index (χ1) is 4.48. The maximum atomic E-state index is 9.68. The van der Waals surface area contributed by atoms with E-state index in [1.165, 1.54) is 6.47 Å². The average Bonchev–Trinajstić information content (AvgIpc) is 1.80. The Kier molecular flexibility index (Phi) is 3.36. The van der Waals surface area contributed by atoms with Crippen LogP contribution in [0.3, 0.4) is 0 Å². The molecule has 0 aliphatic rings. The Balaban J connectivity index is 3.61. The van der Waals surface area contributed by atoms with Crippen molar-refractivity contribution < 1.29 is 14.0 Å². The maximum Gasteiger partial charge on any atom is 0.417 e. The van der Waals surface area contributed by atoms with Gasteiger partial charge in [0.25, 0.3) is 0 Å². The Labute approximate surface area is 62.2 Å². The van der Waals surface area contributed by atoms with Crippen LogP contribution in [0.5, 0.6) is 0 Å². The Morgan fingerprint density at radius 1 is 1.50 bits per heavy atom. The zero-order chi connectivity index (χ0) is 8.20. The predicted octanol–water partition coefficient (Wildman–Crippen LogP) is 0.165. The molecule has 0 amide bonds. The smallest absolute Gasteiger partial charge is 0.417 e. The average molecular weight is 145 g/mol. The van der Waals surface area contributed by atoms with Gasteiger partial charge in [-0.1, -0.05) is 0 Å².